The van der Waals surface area contributed by atoms with Gasteiger partial charge >= 0.3 is 0 Å². The highest BCUT2D eigenvalue weighted by Crippen LogP contribution is 2.23. The number of hydrogen-bond acceptors (Lipinski definition) is 4. The van der Waals surface area contributed by atoms with Crippen molar-refractivity contribution in [2.24, 2.45) is 0 Å². The molecule has 1 saturated heterocycles. The van der Waals surface area contributed by atoms with E-state index in [0.29, 0.717) is 37.3 Å². The van der Waals surface area contributed by atoms with Gasteiger partial charge in [-0.2, -0.15) is 0 Å². The molecule has 0 atom stereocenters. The summed E-state index contributed by atoms with van der Waals surface area (Å²) in [6.45, 7) is 3.07. The number of hydrogen-bond donors (Lipinski definition) is 3. The first-order valence-corrected chi connectivity index (χ1v) is 7.34. The van der Waals surface area contributed by atoms with Crippen LogP contribution in [0, 0.1) is 6.92 Å². The van der Waals surface area contributed by atoms with Crippen molar-refractivity contribution in [1.29, 1.82) is 0 Å². The fourth-order valence-corrected chi connectivity index (χ4v) is 2.68. The molecule has 1 aromatic rings. The third-order valence-electron chi connectivity index (χ3n) is 3.66. The van der Waals surface area contributed by atoms with E-state index in [-0.39, 0.29) is 12.5 Å². The first-order valence-electron chi connectivity index (χ1n) is 6.55. The number of aliphatic hydroxyl groups is 1. The SMILES string of the molecule is Cc1c(N)cc(Br)cc1C(=O)NCC1(O)CCOCC1. The van der Waals surface area contributed by atoms with Crippen molar-refractivity contribution in [3.05, 3.63) is 27.7 Å². The monoisotopic (exact) mass is 342 g/mol. The van der Waals surface area contributed by atoms with Crippen LogP contribution in [0.15, 0.2) is 16.6 Å². The van der Waals surface area contributed by atoms with Crippen LogP contribution in [-0.2, 0) is 4.74 Å². The molecule has 1 aromatic carbocycles. The van der Waals surface area contributed by atoms with Gasteiger partial charge in [-0.25, -0.2) is 0 Å². The molecule has 0 spiro atoms. The van der Waals surface area contributed by atoms with Crippen LogP contribution in [0.4, 0.5) is 5.69 Å². The number of rotatable bonds is 3. The maximum absolute atomic E-state index is 12.2. The quantitative estimate of drug-likeness (QED) is 0.728. The minimum absolute atomic E-state index is 0.223. The Kier molecular flexibility index (Phi) is 4.67. The number of carbonyl (C=O) groups is 1. The molecule has 1 aliphatic rings. The number of nitrogens with one attached hydrogen (secondary N) is 1. The van der Waals surface area contributed by atoms with E-state index in [1.807, 2.05) is 0 Å². The molecular formula is C14H19BrN2O3. The molecule has 0 aliphatic carbocycles. The van der Waals surface area contributed by atoms with Crippen LogP contribution < -0.4 is 11.1 Å². The summed E-state index contributed by atoms with van der Waals surface area (Å²) in [5.74, 6) is -0.226. The second-order valence-electron chi connectivity index (χ2n) is 5.19. The van der Waals surface area contributed by atoms with Crippen molar-refractivity contribution in [1.82, 2.24) is 5.32 Å². The zero-order valence-electron chi connectivity index (χ0n) is 11.4. The number of carbonyl (C=O) groups excluding carboxylic acids is 1. The van der Waals surface area contributed by atoms with E-state index in [9.17, 15) is 9.90 Å². The van der Waals surface area contributed by atoms with Gasteiger partial charge in [0.1, 0.15) is 0 Å². The molecule has 1 fully saturated rings. The molecule has 2 rings (SSSR count). The smallest absolute Gasteiger partial charge is 0.251 e. The minimum atomic E-state index is -0.876. The van der Waals surface area contributed by atoms with Crippen molar-refractivity contribution in [3.63, 3.8) is 0 Å². The number of amides is 1. The van der Waals surface area contributed by atoms with Crippen LogP contribution in [0.25, 0.3) is 0 Å². The zero-order chi connectivity index (χ0) is 14.8. The van der Waals surface area contributed by atoms with Crippen LogP contribution in [-0.4, -0.2) is 36.4 Å². The molecule has 0 saturated carbocycles. The van der Waals surface area contributed by atoms with Gasteiger partial charge in [0, 0.05) is 48.3 Å². The highest BCUT2D eigenvalue weighted by molar-refractivity contribution is 9.10. The third-order valence-corrected chi connectivity index (χ3v) is 4.12. The third kappa shape index (κ3) is 3.50. The van der Waals surface area contributed by atoms with E-state index in [0.717, 1.165) is 10.0 Å². The van der Waals surface area contributed by atoms with Gasteiger partial charge in [-0.3, -0.25) is 4.79 Å². The Morgan fingerprint density at radius 2 is 2.15 bits per heavy atom. The number of ether oxygens (including phenoxy) is 1. The lowest BCUT2D eigenvalue weighted by Crippen LogP contribution is -2.46. The predicted octanol–water partition coefficient (Wildman–Crippen LogP) is 1.61. The Hall–Kier alpha value is -1.11. The van der Waals surface area contributed by atoms with Gasteiger partial charge in [-0.1, -0.05) is 15.9 Å². The van der Waals surface area contributed by atoms with Gasteiger partial charge in [0.2, 0.25) is 0 Å². The summed E-state index contributed by atoms with van der Waals surface area (Å²) in [6, 6.07) is 3.49. The van der Waals surface area contributed by atoms with Crippen molar-refractivity contribution in [2.45, 2.75) is 25.4 Å². The van der Waals surface area contributed by atoms with Crippen molar-refractivity contribution >= 4 is 27.5 Å². The summed E-state index contributed by atoms with van der Waals surface area (Å²) < 4.78 is 5.97. The van der Waals surface area contributed by atoms with Crippen LogP contribution in [0.3, 0.4) is 0 Å². The molecule has 0 bridgehead atoms. The van der Waals surface area contributed by atoms with Gasteiger partial charge in [0.25, 0.3) is 5.91 Å². The lowest BCUT2D eigenvalue weighted by atomic mass is 9.94. The van der Waals surface area contributed by atoms with Crippen LogP contribution in [0.2, 0.25) is 0 Å². The zero-order valence-corrected chi connectivity index (χ0v) is 13.0. The molecule has 6 heteroatoms. The number of anilines is 1. The molecule has 1 heterocycles. The second-order valence-corrected chi connectivity index (χ2v) is 6.10. The number of nitrogen functional groups attached to an aromatic ring is 1. The maximum Gasteiger partial charge on any atom is 0.251 e. The van der Waals surface area contributed by atoms with E-state index in [2.05, 4.69) is 21.2 Å². The number of halogens is 1. The summed E-state index contributed by atoms with van der Waals surface area (Å²) >= 11 is 3.33. The average Bonchev–Trinajstić information content (AvgIpc) is 2.41. The molecule has 4 N–H and O–H groups in total. The lowest BCUT2D eigenvalue weighted by Gasteiger charge is -2.32. The summed E-state index contributed by atoms with van der Waals surface area (Å²) in [6.07, 6.45) is 1.07. The molecule has 20 heavy (non-hydrogen) atoms. The fourth-order valence-electron chi connectivity index (χ4n) is 2.20. The van der Waals surface area contributed by atoms with E-state index in [4.69, 9.17) is 10.5 Å². The molecule has 0 aromatic heterocycles. The van der Waals surface area contributed by atoms with E-state index < -0.39 is 5.60 Å². The Labute approximate surface area is 126 Å². The molecule has 110 valence electrons. The first-order chi connectivity index (χ1) is 9.41. The Bertz CT molecular complexity index is 513. The molecule has 5 nitrogen and oxygen atoms in total. The molecule has 0 radical (unpaired) electrons. The minimum Gasteiger partial charge on any atom is -0.398 e. The largest absolute Gasteiger partial charge is 0.398 e. The summed E-state index contributed by atoms with van der Waals surface area (Å²) in [7, 11) is 0. The van der Waals surface area contributed by atoms with Gasteiger partial charge in [0.15, 0.2) is 0 Å². The summed E-state index contributed by atoms with van der Waals surface area (Å²) in [4.78, 5) is 12.2. The second kappa shape index (κ2) is 6.11. The highest BCUT2D eigenvalue weighted by atomic mass is 79.9. The van der Waals surface area contributed by atoms with Crippen LogP contribution in [0.1, 0.15) is 28.8 Å². The standard InChI is InChI=1S/C14H19BrN2O3/c1-9-11(6-10(15)7-12(9)16)13(18)17-8-14(19)2-4-20-5-3-14/h6-7,19H,2-5,8,16H2,1H3,(H,17,18). The van der Waals surface area contributed by atoms with Gasteiger partial charge in [0.05, 0.1) is 5.60 Å². The van der Waals surface area contributed by atoms with Crippen molar-refractivity contribution < 1.29 is 14.6 Å². The highest BCUT2D eigenvalue weighted by Gasteiger charge is 2.30. The first kappa shape index (κ1) is 15.3. The number of benzene rings is 1. The predicted molar refractivity (Wildman–Crippen MR) is 80.6 cm³/mol. The van der Waals surface area contributed by atoms with Crippen molar-refractivity contribution in [2.75, 3.05) is 25.5 Å². The van der Waals surface area contributed by atoms with Crippen LogP contribution >= 0.6 is 15.9 Å². The van der Waals surface area contributed by atoms with Gasteiger partial charge in [-0.15, -0.1) is 0 Å². The van der Waals surface area contributed by atoms with Gasteiger partial charge < -0.3 is 20.9 Å². The van der Waals surface area contributed by atoms with Crippen LogP contribution in [0.5, 0.6) is 0 Å². The molecule has 1 amide bonds. The molecular weight excluding hydrogens is 324 g/mol. The maximum atomic E-state index is 12.2. The Morgan fingerprint density at radius 3 is 2.80 bits per heavy atom. The Balaban J connectivity index is 2.05. The molecule has 1 aliphatic heterocycles. The van der Waals surface area contributed by atoms with E-state index in [1.165, 1.54) is 0 Å². The van der Waals surface area contributed by atoms with E-state index in [1.54, 1.807) is 19.1 Å². The normalized spacial score (nSPS) is 17.8. The topological polar surface area (TPSA) is 84.6 Å². The Morgan fingerprint density at radius 1 is 1.50 bits per heavy atom. The van der Waals surface area contributed by atoms with Crippen molar-refractivity contribution in [3.8, 4) is 0 Å². The summed E-state index contributed by atoms with van der Waals surface area (Å²) in [5, 5.41) is 13.1. The average molecular weight is 343 g/mol. The number of nitrogens with two attached hydrogens (primary N) is 1. The summed E-state index contributed by atoms with van der Waals surface area (Å²) in [5.41, 5.74) is 6.80. The molecule has 0 unspecified atom stereocenters. The lowest BCUT2D eigenvalue weighted by molar-refractivity contribution is -0.0605. The van der Waals surface area contributed by atoms with Gasteiger partial charge in [-0.05, 0) is 24.6 Å². The van der Waals surface area contributed by atoms with E-state index >= 15 is 0 Å². The fraction of sp³-hybridized carbons (Fsp3) is 0.500.